The maximum Gasteiger partial charge on any atom is 0.410 e. The van der Waals surface area contributed by atoms with Crippen LogP contribution < -0.4 is 0 Å². The Balaban J connectivity index is 1.77. The normalized spacial score (nSPS) is 18.4. The van der Waals surface area contributed by atoms with E-state index in [1.165, 1.54) is 11.8 Å². The van der Waals surface area contributed by atoms with E-state index in [1.807, 2.05) is 30.3 Å². The van der Waals surface area contributed by atoms with Gasteiger partial charge in [-0.1, -0.05) is 42.1 Å². The molecule has 0 unspecified atom stereocenters. The number of carbonyl (C=O) groups excluding carboxylic acids is 2. The van der Waals surface area contributed by atoms with E-state index in [9.17, 15) is 9.59 Å². The lowest BCUT2D eigenvalue weighted by Crippen LogP contribution is -2.29. The van der Waals surface area contributed by atoms with E-state index in [-0.39, 0.29) is 16.5 Å². The summed E-state index contributed by atoms with van der Waals surface area (Å²) in [5, 5.41) is 0.311. The smallest absolute Gasteiger partial charge is 0.410 e. The van der Waals surface area contributed by atoms with Crippen LogP contribution in [0.4, 0.5) is 4.79 Å². The highest BCUT2D eigenvalue weighted by atomic mass is 32.2. The van der Waals surface area contributed by atoms with Gasteiger partial charge >= 0.3 is 6.09 Å². The molecule has 1 heterocycles. The Morgan fingerprint density at radius 1 is 1.37 bits per heavy atom. The van der Waals surface area contributed by atoms with Crippen molar-refractivity contribution in [2.45, 2.75) is 25.2 Å². The van der Waals surface area contributed by atoms with Crippen molar-refractivity contribution in [1.29, 1.82) is 0 Å². The lowest BCUT2D eigenvalue weighted by Gasteiger charge is -2.16. The number of nitrogens with zero attached hydrogens (tertiary/aromatic N) is 1. The van der Waals surface area contributed by atoms with Crippen LogP contribution in [0.25, 0.3) is 0 Å². The Morgan fingerprint density at radius 2 is 2.11 bits per heavy atom. The van der Waals surface area contributed by atoms with Crippen molar-refractivity contribution in [2.75, 3.05) is 13.1 Å². The molecule has 1 aromatic rings. The number of rotatable bonds is 3. The first-order valence-corrected chi connectivity index (χ1v) is 7.16. The molecule has 1 aliphatic heterocycles. The van der Waals surface area contributed by atoms with Crippen LogP contribution in [0.5, 0.6) is 0 Å². The van der Waals surface area contributed by atoms with E-state index in [2.05, 4.69) is 0 Å². The van der Waals surface area contributed by atoms with Crippen LogP contribution in [0.2, 0.25) is 0 Å². The van der Waals surface area contributed by atoms with E-state index in [0.717, 1.165) is 12.0 Å². The lowest BCUT2D eigenvalue weighted by molar-refractivity contribution is -0.109. The van der Waals surface area contributed by atoms with Gasteiger partial charge in [-0.05, 0) is 12.0 Å². The van der Waals surface area contributed by atoms with Gasteiger partial charge in [0.05, 0.1) is 0 Å². The Hall–Kier alpha value is -1.49. The van der Waals surface area contributed by atoms with Crippen LogP contribution in [-0.4, -0.2) is 34.4 Å². The zero-order chi connectivity index (χ0) is 13.7. The van der Waals surface area contributed by atoms with Gasteiger partial charge in [0.1, 0.15) is 6.61 Å². The minimum Gasteiger partial charge on any atom is -0.445 e. The molecule has 1 atom stereocenters. The van der Waals surface area contributed by atoms with Gasteiger partial charge in [-0.3, -0.25) is 4.79 Å². The monoisotopic (exact) mass is 279 g/mol. The molecule has 0 saturated carbocycles. The molecule has 4 nitrogen and oxygen atoms in total. The van der Waals surface area contributed by atoms with Gasteiger partial charge in [0.25, 0.3) is 0 Å². The van der Waals surface area contributed by atoms with Crippen LogP contribution in [0.15, 0.2) is 30.3 Å². The Labute approximate surface area is 117 Å². The van der Waals surface area contributed by atoms with Crippen LogP contribution in [-0.2, 0) is 16.1 Å². The molecule has 1 fully saturated rings. The summed E-state index contributed by atoms with van der Waals surface area (Å²) >= 11 is 1.31. The number of amides is 1. The van der Waals surface area contributed by atoms with Gasteiger partial charge in [0, 0.05) is 25.3 Å². The van der Waals surface area contributed by atoms with Gasteiger partial charge in [-0.25, -0.2) is 4.79 Å². The fourth-order valence-corrected chi connectivity index (χ4v) is 2.98. The lowest BCUT2D eigenvalue weighted by atomic mass is 10.2. The number of hydrogen-bond donors (Lipinski definition) is 0. The van der Waals surface area contributed by atoms with E-state index in [0.29, 0.717) is 19.7 Å². The van der Waals surface area contributed by atoms with E-state index < -0.39 is 0 Å². The molecule has 1 aliphatic rings. The maximum atomic E-state index is 11.9. The van der Waals surface area contributed by atoms with Gasteiger partial charge in [0.2, 0.25) is 0 Å². The molecule has 1 saturated heterocycles. The van der Waals surface area contributed by atoms with Crippen molar-refractivity contribution in [3.05, 3.63) is 35.9 Å². The molecular formula is C14H17NO3S. The minimum absolute atomic E-state index is 0.101. The third kappa shape index (κ3) is 4.28. The SMILES string of the molecule is CC(=O)S[C@@H]1CCN(C(=O)OCc2ccccc2)C1. The summed E-state index contributed by atoms with van der Waals surface area (Å²) in [5.74, 6) is 0. The molecule has 0 spiro atoms. The molecule has 5 heteroatoms. The van der Waals surface area contributed by atoms with Crippen LogP contribution in [0.3, 0.4) is 0 Å². The summed E-state index contributed by atoms with van der Waals surface area (Å²) in [6, 6.07) is 9.60. The van der Waals surface area contributed by atoms with E-state index >= 15 is 0 Å². The fourth-order valence-electron chi connectivity index (χ4n) is 2.04. The Bertz CT molecular complexity index is 449. The quantitative estimate of drug-likeness (QED) is 0.853. The molecule has 0 N–H and O–H groups in total. The van der Waals surface area contributed by atoms with Crippen molar-refractivity contribution in [3.8, 4) is 0 Å². The molecule has 0 aliphatic carbocycles. The number of ether oxygens (including phenoxy) is 1. The summed E-state index contributed by atoms with van der Waals surface area (Å²) in [4.78, 5) is 24.5. The zero-order valence-electron chi connectivity index (χ0n) is 10.9. The molecule has 102 valence electrons. The van der Waals surface area contributed by atoms with Crippen molar-refractivity contribution in [3.63, 3.8) is 0 Å². The van der Waals surface area contributed by atoms with Gasteiger partial charge < -0.3 is 9.64 Å². The molecule has 0 bridgehead atoms. The van der Waals surface area contributed by atoms with Crippen molar-refractivity contribution >= 4 is 23.0 Å². The molecular weight excluding hydrogens is 262 g/mol. The van der Waals surface area contributed by atoms with E-state index in [1.54, 1.807) is 11.8 Å². The number of benzene rings is 1. The third-order valence-electron chi connectivity index (χ3n) is 2.94. The highest BCUT2D eigenvalue weighted by Crippen LogP contribution is 2.23. The highest BCUT2D eigenvalue weighted by molar-refractivity contribution is 8.14. The molecule has 0 radical (unpaired) electrons. The molecule has 19 heavy (non-hydrogen) atoms. The first kappa shape index (κ1) is 13.9. The molecule has 2 rings (SSSR count). The van der Waals surface area contributed by atoms with Crippen molar-refractivity contribution < 1.29 is 14.3 Å². The van der Waals surface area contributed by atoms with Gasteiger partial charge in [0.15, 0.2) is 5.12 Å². The van der Waals surface area contributed by atoms with Crippen LogP contribution >= 0.6 is 11.8 Å². The molecule has 1 aromatic carbocycles. The van der Waals surface area contributed by atoms with Gasteiger partial charge in [-0.15, -0.1) is 0 Å². The third-order valence-corrected chi connectivity index (χ3v) is 3.99. The number of thioether (sulfide) groups is 1. The van der Waals surface area contributed by atoms with Crippen LogP contribution in [0, 0.1) is 0 Å². The average Bonchev–Trinajstić information content (AvgIpc) is 2.85. The molecule has 0 aromatic heterocycles. The zero-order valence-corrected chi connectivity index (χ0v) is 11.7. The summed E-state index contributed by atoms with van der Waals surface area (Å²) in [6.45, 7) is 3.11. The predicted molar refractivity (Wildman–Crippen MR) is 74.9 cm³/mol. The second kappa shape index (κ2) is 6.61. The van der Waals surface area contributed by atoms with Crippen molar-refractivity contribution in [2.24, 2.45) is 0 Å². The predicted octanol–water partition coefficient (Wildman–Crippen LogP) is 2.68. The number of hydrogen-bond acceptors (Lipinski definition) is 4. The Kier molecular flexibility index (Phi) is 4.85. The summed E-state index contributed by atoms with van der Waals surface area (Å²) in [7, 11) is 0. The second-order valence-corrected chi connectivity index (χ2v) is 5.98. The van der Waals surface area contributed by atoms with E-state index in [4.69, 9.17) is 4.74 Å². The number of carbonyl (C=O) groups is 2. The Morgan fingerprint density at radius 3 is 2.79 bits per heavy atom. The minimum atomic E-state index is -0.296. The standard InChI is InChI=1S/C14H17NO3S/c1-11(16)19-13-7-8-15(9-13)14(17)18-10-12-5-3-2-4-6-12/h2-6,13H,7-10H2,1H3/t13-/m1/s1. The second-order valence-electron chi connectivity index (χ2n) is 4.51. The fraction of sp³-hybridized carbons (Fsp3) is 0.429. The highest BCUT2D eigenvalue weighted by Gasteiger charge is 2.28. The first-order chi connectivity index (χ1) is 9.15. The summed E-state index contributed by atoms with van der Waals surface area (Å²) < 4.78 is 5.26. The molecule has 1 amide bonds. The maximum absolute atomic E-state index is 11.9. The number of likely N-dealkylation sites (tertiary alicyclic amines) is 1. The van der Waals surface area contributed by atoms with Crippen molar-refractivity contribution in [1.82, 2.24) is 4.90 Å². The van der Waals surface area contributed by atoms with Crippen LogP contribution in [0.1, 0.15) is 18.9 Å². The average molecular weight is 279 g/mol. The summed E-state index contributed by atoms with van der Waals surface area (Å²) in [6.07, 6.45) is 0.556. The summed E-state index contributed by atoms with van der Waals surface area (Å²) in [5.41, 5.74) is 0.977. The first-order valence-electron chi connectivity index (χ1n) is 6.28. The largest absolute Gasteiger partial charge is 0.445 e. The van der Waals surface area contributed by atoms with Gasteiger partial charge in [-0.2, -0.15) is 0 Å². The topological polar surface area (TPSA) is 46.6 Å².